The fourth-order valence-electron chi connectivity index (χ4n) is 2.94. The highest BCUT2D eigenvalue weighted by molar-refractivity contribution is 5.27. The molecule has 1 aliphatic rings. The van der Waals surface area contributed by atoms with Crippen LogP contribution in [0.4, 0.5) is 0 Å². The highest BCUT2D eigenvalue weighted by Gasteiger charge is 2.34. The number of methoxy groups -OCH3 is 1. The monoisotopic (exact) mass is 316 g/mol. The van der Waals surface area contributed by atoms with Gasteiger partial charge in [0.25, 0.3) is 0 Å². The molecular formula is C18H24N2O3. The predicted octanol–water partition coefficient (Wildman–Crippen LogP) is 3.05. The zero-order chi connectivity index (χ0) is 16.0. The first-order chi connectivity index (χ1) is 11.3. The van der Waals surface area contributed by atoms with E-state index in [1.54, 1.807) is 13.3 Å². The van der Waals surface area contributed by atoms with Gasteiger partial charge in [0.2, 0.25) is 0 Å². The molecule has 23 heavy (non-hydrogen) atoms. The van der Waals surface area contributed by atoms with E-state index < -0.39 is 5.79 Å². The van der Waals surface area contributed by atoms with Gasteiger partial charge in [-0.2, -0.15) is 0 Å². The van der Waals surface area contributed by atoms with Gasteiger partial charge >= 0.3 is 0 Å². The van der Waals surface area contributed by atoms with Crippen LogP contribution in [0.1, 0.15) is 24.8 Å². The first kappa shape index (κ1) is 16.0. The van der Waals surface area contributed by atoms with Gasteiger partial charge in [0.05, 0.1) is 33.2 Å². The molecule has 1 fully saturated rings. The van der Waals surface area contributed by atoms with Crippen LogP contribution in [0.5, 0.6) is 5.75 Å². The highest BCUT2D eigenvalue weighted by atomic mass is 16.7. The summed E-state index contributed by atoms with van der Waals surface area (Å²) in [5.74, 6) is 0.370. The van der Waals surface area contributed by atoms with Gasteiger partial charge in [0.1, 0.15) is 5.75 Å². The molecule has 0 aliphatic carbocycles. The summed E-state index contributed by atoms with van der Waals surface area (Å²) in [7, 11) is 1.69. The topological polar surface area (TPSA) is 45.5 Å². The van der Waals surface area contributed by atoms with Gasteiger partial charge in [-0.1, -0.05) is 12.1 Å². The van der Waals surface area contributed by atoms with Crippen molar-refractivity contribution in [2.24, 2.45) is 0 Å². The molecule has 0 bridgehead atoms. The van der Waals surface area contributed by atoms with E-state index in [4.69, 9.17) is 14.2 Å². The summed E-state index contributed by atoms with van der Waals surface area (Å²) in [5.41, 5.74) is 1.30. The maximum atomic E-state index is 6.02. The second-order valence-corrected chi connectivity index (χ2v) is 5.90. The van der Waals surface area contributed by atoms with Crippen molar-refractivity contribution >= 4 is 0 Å². The van der Waals surface area contributed by atoms with Crippen LogP contribution in [-0.4, -0.2) is 35.7 Å². The van der Waals surface area contributed by atoms with Crippen molar-refractivity contribution in [3.8, 4) is 5.75 Å². The van der Waals surface area contributed by atoms with Crippen molar-refractivity contribution in [3.05, 3.63) is 48.5 Å². The second-order valence-electron chi connectivity index (χ2n) is 5.90. The molecule has 1 aliphatic heterocycles. The third kappa shape index (κ3) is 4.33. The SMILES string of the molecule is COc1ccc(CCCC2(Cn3ccnc3)OCCCO2)cc1. The Morgan fingerprint density at radius 2 is 2.00 bits per heavy atom. The first-order valence-electron chi connectivity index (χ1n) is 8.16. The molecular weight excluding hydrogens is 292 g/mol. The third-order valence-electron chi connectivity index (χ3n) is 4.18. The van der Waals surface area contributed by atoms with Gasteiger partial charge in [0, 0.05) is 18.8 Å². The van der Waals surface area contributed by atoms with Crippen LogP contribution in [0, 0.1) is 0 Å². The Bertz CT molecular complexity index is 575. The summed E-state index contributed by atoms with van der Waals surface area (Å²) >= 11 is 0. The van der Waals surface area contributed by atoms with Crippen LogP contribution in [0.25, 0.3) is 0 Å². The second kappa shape index (κ2) is 7.62. The van der Waals surface area contributed by atoms with Crippen molar-refractivity contribution in [1.29, 1.82) is 0 Å². The summed E-state index contributed by atoms with van der Waals surface area (Å²) in [6.07, 6.45) is 9.40. The minimum Gasteiger partial charge on any atom is -0.497 e. The number of hydrogen-bond acceptors (Lipinski definition) is 4. The molecule has 0 radical (unpaired) electrons. The van der Waals surface area contributed by atoms with Crippen LogP contribution in [0.15, 0.2) is 43.0 Å². The lowest BCUT2D eigenvalue weighted by Crippen LogP contribution is -2.44. The van der Waals surface area contributed by atoms with Gasteiger partial charge in [0.15, 0.2) is 5.79 Å². The van der Waals surface area contributed by atoms with Crippen LogP contribution < -0.4 is 4.74 Å². The molecule has 1 aromatic heterocycles. The molecule has 0 spiro atoms. The fraction of sp³-hybridized carbons (Fsp3) is 0.500. The van der Waals surface area contributed by atoms with Crippen molar-refractivity contribution < 1.29 is 14.2 Å². The lowest BCUT2D eigenvalue weighted by Gasteiger charge is -2.37. The zero-order valence-electron chi connectivity index (χ0n) is 13.6. The summed E-state index contributed by atoms with van der Waals surface area (Å²) in [6.45, 7) is 2.21. The molecule has 0 atom stereocenters. The van der Waals surface area contributed by atoms with Crippen LogP contribution in [0.2, 0.25) is 0 Å². The molecule has 2 heterocycles. The Labute approximate surface area is 137 Å². The number of aromatic nitrogens is 2. The van der Waals surface area contributed by atoms with Crippen molar-refractivity contribution in [1.82, 2.24) is 9.55 Å². The Hall–Kier alpha value is -1.85. The predicted molar refractivity (Wildman–Crippen MR) is 87.4 cm³/mol. The van der Waals surface area contributed by atoms with E-state index in [-0.39, 0.29) is 0 Å². The molecule has 3 rings (SSSR count). The maximum absolute atomic E-state index is 6.02. The molecule has 0 unspecified atom stereocenters. The Morgan fingerprint density at radius 3 is 2.65 bits per heavy atom. The molecule has 0 saturated carbocycles. The molecule has 0 N–H and O–H groups in total. The van der Waals surface area contributed by atoms with E-state index in [0.29, 0.717) is 6.54 Å². The lowest BCUT2D eigenvalue weighted by atomic mass is 10.0. The standard InChI is InChI=1S/C18H24N2O3/c1-21-17-7-5-16(6-8-17)4-2-9-18(22-12-3-13-23-18)14-20-11-10-19-15-20/h5-8,10-11,15H,2-4,9,12-14H2,1H3. The molecule has 0 amide bonds. The van der Waals surface area contributed by atoms with E-state index in [1.807, 2.05) is 29.2 Å². The van der Waals surface area contributed by atoms with E-state index in [0.717, 1.165) is 44.6 Å². The number of nitrogens with zero attached hydrogens (tertiary/aromatic N) is 2. The molecule has 5 nitrogen and oxygen atoms in total. The van der Waals surface area contributed by atoms with Gasteiger partial charge in [-0.3, -0.25) is 0 Å². The van der Waals surface area contributed by atoms with E-state index in [9.17, 15) is 0 Å². The Balaban J connectivity index is 1.57. The van der Waals surface area contributed by atoms with Gasteiger partial charge in [-0.05, 0) is 37.0 Å². The quantitative estimate of drug-likeness (QED) is 0.787. The van der Waals surface area contributed by atoms with Crippen molar-refractivity contribution in [3.63, 3.8) is 0 Å². The molecule has 5 heteroatoms. The Kier molecular flexibility index (Phi) is 5.31. The van der Waals surface area contributed by atoms with E-state index >= 15 is 0 Å². The van der Waals surface area contributed by atoms with Crippen molar-refractivity contribution in [2.75, 3.05) is 20.3 Å². The summed E-state index contributed by atoms with van der Waals surface area (Å²) < 4.78 is 19.3. The minimum atomic E-state index is -0.522. The van der Waals surface area contributed by atoms with E-state index in [2.05, 4.69) is 17.1 Å². The van der Waals surface area contributed by atoms with E-state index in [1.165, 1.54) is 5.56 Å². The van der Waals surface area contributed by atoms with Crippen LogP contribution in [0.3, 0.4) is 0 Å². The summed E-state index contributed by atoms with van der Waals surface area (Å²) in [5, 5.41) is 0. The first-order valence-corrected chi connectivity index (χ1v) is 8.16. The molecule has 1 saturated heterocycles. The normalized spacial score (nSPS) is 17.1. The smallest absolute Gasteiger partial charge is 0.186 e. The summed E-state index contributed by atoms with van der Waals surface area (Å²) in [6, 6.07) is 8.24. The Morgan fingerprint density at radius 1 is 1.22 bits per heavy atom. The van der Waals surface area contributed by atoms with Gasteiger partial charge < -0.3 is 18.8 Å². The number of ether oxygens (including phenoxy) is 3. The third-order valence-corrected chi connectivity index (χ3v) is 4.18. The number of aryl methyl sites for hydroxylation is 1. The number of imidazole rings is 1. The number of rotatable bonds is 7. The van der Waals surface area contributed by atoms with Crippen LogP contribution >= 0.6 is 0 Å². The number of benzene rings is 1. The fourth-order valence-corrected chi connectivity index (χ4v) is 2.94. The lowest BCUT2D eigenvalue weighted by molar-refractivity contribution is -0.277. The largest absolute Gasteiger partial charge is 0.497 e. The number of hydrogen-bond donors (Lipinski definition) is 0. The maximum Gasteiger partial charge on any atom is 0.186 e. The van der Waals surface area contributed by atoms with Crippen LogP contribution in [-0.2, 0) is 22.4 Å². The van der Waals surface area contributed by atoms with Gasteiger partial charge in [-0.15, -0.1) is 0 Å². The highest BCUT2D eigenvalue weighted by Crippen LogP contribution is 2.27. The zero-order valence-corrected chi connectivity index (χ0v) is 13.6. The molecule has 2 aromatic rings. The average Bonchev–Trinajstić information content (AvgIpc) is 3.09. The minimum absolute atomic E-state index is 0.522. The average molecular weight is 316 g/mol. The summed E-state index contributed by atoms with van der Waals surface area (Å²) in [4.78, 5) is 4.10. The molecule has 1 aromatic carbocycles. The van der Waals surface area contributed by atoms with Crippen molar-refractivity contribution in [2.45, 2.75) is 38.0 Å². The molecule has 124 valence electrons. The van der Waals surface area contributed by atoms with Gasteiger partial charge in [-0.25, -0.2) is 4.98 Å².